The van der Waals surface area contributed by atoms with Gasteiger partial charge in [-0.25, -0.2) is 9.97 Å². The van der Waals surface area contributed by atoms with E-state index in [-0.39, 0.29) is 30.4 Å². The van der Waals surface area contributed by atoms with E-state index in [9.17, 15) is 9.90 Å². The maximum Gasteiger partial charge on any atom is 0.272 e. The zero-order chi connectivity index (χ0) is 18.1. The minimum absolute atomic E-state index is 0.0118. The standard InChI is InChI=1S/C18H25N5O2/c1-11(2)23-8-14(6-19-23)16-9-22(7-15(16)10-24)18(25)17-5-12(3)20-13(4)21-17/h5-6,8,11,15-16,24H,7,9-10H2,1-4H3/t15-,16-/m0/s1. The number of nitrogens with zero attached hydrogens (tertiary/aromatic N) is 5. The molecule has 0 radical (unpaired) electrons. The Morgan fingerprint density at radius 1 is 1.32 bits per heavy atom. The van der Waals surface area contributed by atoms with Gasteiger partial charge in [0.25, 0.3) is 5.91 Å². The Labute approximate surface area is 147 Å². The van der Waals surface area contributed by atoms with Gasteiger partial charge in [-0.05, 0) is 39.3 Å². The lowest BCUT2D eigenvalue weighted by Crippen LogP contribution is -2.30. The molecular formula is C18H25N5O2. The van der Waals surface area contributed by atoms with E-state index in [4.69, 9.17) is 0 Å². The Bertz CT molecular complexity index is 750. The Morgan fingerprint density at radius 2 is 2.08 bits per heavy atom. The second kappa shape index (κ2) is 6.92. The molecule has 1 saturated heterocycles. The fraction of sp³-hybridized carbons (Fsp3) is 0.556. The molecule has 0 unspecified atom stereocenters. The molecule has 2 aromatic heterocycles. The minimum Gasteiger partial charge on any atom is -0.396 e. The van der Waals surface area contributed by atoms with Gasteiger partial charge in [0.2, 0.25) is 0 Å². The first-order chi connectivity index (χ1) is 11.9. The van der Waals surface area contributed by atoms with Gasteiger partial charge in [0.15, 0.2) is 0 Å². The summed E-state index contributed by atoms with van der Waals surface area (Å²) >= 11 is 0. The summed E-state index contributed by atoms with van der Waals surface area (Å²) in [5.74, 6) is 0.588. The molecule has 2 atom stereocenters. The number of carbonyl (C=O) groups is 1. The molecule has 3 heterocycles. The maximum absolute atomic E-state index is 12.8. The van der Waals surface area contributed by atoms with Crippen molar-refractivity contribution in [2.45, 2.75) is 39.7 Å². The number of likely N-dealkylation sites (tertiary alicyclic amines) is 1. The Balaban J connectivity index is 1.81. The predicted octanol–water partition coefficient (Wildman–Crippen LogP) is 1.72. The molecule has 1 fully saturated rings. The number of hydrogen-bond donors (Lipinski definition) is 1. The highest BCUT2D eigenvalue weighted by molar-refractivity contribution is 5.92. The van der Waals surface area contributed by atoms with Crippen LogP contribution in [0.25, 0.3) is 0 Å². The fourth-order valence-corrected chi connectivity index (χ4v) is 3.41. The number of aromatic nitrogens is 4. The number of aryl methyl sites for hydroxylation is 2. The average Bonchev–Trinajstić information content (AvgIpc) is 3.19. The molecule has 134 valence electrons. The molecule has 0 saturated carbocycles. The third-order valence-corrected chi connectivity index (χ3v) is 4.73. The summed E-state index contributed by atoms with van der Waals surface area (Å²) in [6, 6.07) is 2.00. The summed E-state index contributed by atoms with van der Waals surface area (Å²) in [6.45, 7) is 8.92. The molecule has 1 aliphatic rings. The normalized spacial score (nSPS) is 20.5. The number of aliphatic hydroxyl groups is 1. The first-order valence-corrected chi connectivity index (χ1v) is 8.65. The van der Waals surface area contributed by atoms with E-state index in [0.29, 0.717) is 24.6 Å². The van der Waals surface area contributed by atoms with Crippen LogP contribution in [0.5, 0.6) is 0 Å². The van der Waals surface area contributed by atoms with Crippen LogP contribution in [0.15, 0.2) is 18.5 Å². The lowest BCUT2D eigenvalue weighted by atomic mass is 9.92. The van der Waals surface area contributed by atoms with Crippen molar-refractivity contribution in [3.63, 3.8) is 0 Å². The maximum atomic E-state index is 12.8. The smallest absolute Gasteiger partial charge is 0.272 e. The summed E-state index contributed by atoms with van der Waals surface area (Å²) in [6.07, 6.45) is 3.87. The minimum atomic E-state index is -0.106. The molecule has 0 spiro atoms. The van der Waals surface area contributed by atoms with Crippen LogP contribution in [0.1, 0.15) is 53.4 Å². The molecule has 1 amide bonds. The van der Waals surface area contributed by atoms with Gasteiger partial charge < -0.3 is 10.0 Å². The summed E-state index contributed by atoms with van der Waals surface area (Å²) in [4.78, 5) is 23.1. The van der Waals surface area contributed by atoms with Gasteiger partial charge >= 0.3 is 0 Å². The van der Waals surface area contributed by atoms with E-state index in [1.54, 1.807) is 17.9 Å². The summed E-state index contributed by atoms with van der Waals surface area (Å²) in [7, 11) is 0. The molecule has 0 bridgehead atoms. The number of amides is 1. The summed E-state index contributed by atoms with van der Waals surface area (Å²) in [5, 5.41) is 14.2. The van der Waals surface area contributed by atoms with Crippen LogP contribution in [0.2, 0.25) is 0 Å². The zero-order valence-corrected chi connectivity index (χ0v) is 15.2. The van der Waals surface area contributed by atoms with Crippen molar-refractivity contribution < 1.29 is 9.90 Å². The van der Waals surface area contributed by atoms with Crippen molar-refractivity contribution in [2.24, 2.45) is 5.92 Å². The second-order valence-corrected chi connectivity index (χ2v) is 7.05. The van der Waals surface area contributed by atoms with Crippen molar-refractivity contribution in [1.82, 2.24) is 24.6 Å². The average molecular weight is 343 g/mol. The quantitative estimate of drug-likeness (QED) is 0.914. The molecule has 0 aliphatic carbocycles. The predicted molar refractivity (Wildman–Crippen MR) is 93.3 cm³/mol. The van der Waals surface area contributed by atoms with Crippen molar-refractivity contribution in [2.75, 3.05) is 19.7 Å². The molecule has 2 aromatic rings. The zero-order valence-electron chi connectivity index (χ0n) is 15.2. The number of rotatable bonds is 4. The first kappa shape index (κ1) is 17.5. The van der Waals surface area contributed by atoms with E-state index in [2.05, 4.69) is 28.9 Å². The third kappa shape index (κ3) is 3.56. The van der Waals surface area contributed by atoms with Crippen LogP contribution in [0, 0.1) is 19.8 Å². The van der Waals surface area contributed by atoms with E-state index in [0.717, 1.165) is 11.3 Å². The molecule has 3 rings (SSSR count). The van der Waals surface area contributed by atoms with Crippen molar-refractivity contribution >= 4 is 5.91 Å². The molecule has 1 aliphatic heterocycles. The Kier molecular flexibility index (Phi) is 4.85. The van der Waals surface area contributed by atoms with E-state index < -0.39 is 0 Å². The molecular weight excluding hydrogens is 318 g/mol. The Hall–Kier alpha value is -2.28. The van der Waals surface area contributed by atoms with Gasteiger partial charge in [-0.3, -0.25) is 9.48 Å². The van der Waals surface area contributed by atoms with Gasteiger partial charge in [0.1, 0.15) is 11.5 Å². The van der Waals surface area contributed by atoms with Gasteiger partial charge in [0, 0.05) is 49.5 Å². The van der Waals surface area contributed by atoms with Gasteiger partial charge in [-0.1, -0.05) is 0 Å². The lowest BCUT2D eigenvalue weighted by molar-refractivity contribution is 0.0775. The first-order valence-electron chi connectivity index (χ1n) is 8.65. The molecule has 7 heteroatoms. The molecule has 25 heavy (non-hydrogen) atoms. The molecule has 0 aromatic carbocycles. The second-order valence-electron chi connectivity index (χ2n) is 7.05. The van der Waals surface area contributed by atoms with Crippen LogP contribution >= 0.6 is 0 Å². The largest absolute Gasteiger partial charge is 0.396 e. The molecule has 7 nitrogen and oxygen atoms in total. The van der Waals surface area contributed by atoms with Gasteiger partial charge in [-0.15, -0.1) is 0 Å². The number of aliphatic hydroxyl groups excluding tert-OH is 1. The van der Waals surface area contributed by atoms with Crippen molar-refractivity contribution in [3.05, 3.63) is 41.2 Å². The third-order valence-electron chi connectivity index (χ3n) is 4.73. The lowest BCUT2D eigenvalue weighted by Gasteiger charge is -2.16. The van der Waals surface area contributed by atoms with E-state index in [1.165, 1.54) is 0 Å². The monoisotopic (exact) mass is 343 g/mol. The number of hydrogen-bond acceptors (Lipinski definition) is 5. The highest BCUT2D eigenvalue weighted by Crippen LogP contribution is 2.33. The van der Waals surface area contributed by atoms with Crippen LogP contribution < -0.4 is 0 Å². The SMILES string of the molecule is Cc1cc(C(=O)N2C[C@@H](CO)[C@H](c3cnn(C(C)C)c3)C2)nc(C)n1. The van der Waals surface area contributed by atoms with E-state index in [1.807, 2.05) is 24.0 Å². The van der Waals surface area contributed by atoms with Gasteiger partial charge in [0.05, 0.1) is 6.20 Å². The van der Waals surface area contributed by atoms with Crippen LogP contribution in [0.3, 0.4) is 0 Å². The van der Waals surface area contributed by atoms with Crippen LogP contribution in [-0.2, 0) is 0 Å². The summed E-state index contributed by atoms with van der Waals surface area (Å²) in [5.41, 5.74) is 2.27. The highest BCUT2D eigenvalue weighted by Gasteiger charge is 2.37. The van der Waals surface area contributed by atoms with Crippen molar-refractivity contribution in [3.8, 4) is 0 Å². The van der Waals surface area contributed by atoms with Crippen molar-refractivity contribution in [1.29, 1.82) is 0 Å². The summed E-state index contributed by atoms with van der Waals surface area (Å²) < 4.78 is 1.91. The Morgan fingerprint density at radius 3 is 2.68 bits per heavy atom. The van der Waals surface area contributed by atoms with Crippen LogP contribution in [-0.4, -0.2) is 55.4 Å². The highest BCUT2D eigenvalue weighted by atomic mass is 16.3. The molecule has 1 N–H and O–H groups in total. The number of carbonyl (C=O) groups excluding carboxylic acids is 1. The fourth-order valence-electron chi connectivity index (χ4n) is 3.41. The van der Waals surface area contributed by atoms with Crippen LogP contribution in [0.4, 0.5) is 0 Å². The topological polar surface area (TPSA) is 84.1 Å². The van der Waals surface area contributed by atoms with Gasteiger partial charge in [-0.2, -0.15) is 5.10 Å². The van der Waals surface area contributed by atoms with E-state index >= 15 is 0 Å².